The van der Waals surface area contributed by atoms with Gasteiger partial charge in [-0.1, -0.05) is 0 Å². The van der Waals surface area contributed by atoms with E-state index < -0.39 is 54.6 Å². The van der Waals surface area contributed by atoms with Crippen LogP contribution >= 0.6 is 20.0 Å². The third-order valence-electron chi connectivity index (χ3n) is 2.99. The highest BCUT2D eigenvalue weighted by atomic mass is 32.1. The summed E-state index contributed by atoms with van der Waals surface area (Å²) >= 11 is 4.78. The van der Waals surface area contributed by atoms with Gasteiger partial charge in [-0.2, -0.15) is 0 Å². The van der Waals surface area contributed by atoms with E-state index in [1.807, 2.05) is 4.98 Å². The van der Waals surface area contributed by atoms with Crippen LogP contribution in [0.5, 0.6) is 0 Å². The van der Waals surface area contributed by atoms with Crippen molar-refractivity contribution >= 4 is 26.3 Å². The van der Waals surface area contributed by atoms with Crippen LogP contribution in [0.1, 0.15) is 19.3 Å². The predicted molar refractivity (Wildman–Crippen MR) is 75.2 cm³/mol. The Labute approximate surface area is 140 Å². The molecule has 1 aliphatic rings. The van der Waals surface area contributed by atoms with Crippen LogP contribution < -0.4 is 5.56 Å². The molecule has 1 aliphatic heterocycles. The minimum atomic E-state index is -5.56. The molecular formula is C10H12FN2O9PS. The molecule has 0 saturated carbocycles. The van der Waals surface area contributed by atoms with Gasteiger partial charge in [0.25, 0.3) is 11.4 Å². The highest BCUT2D eigenvalue weighted by Gasteiger charge is 2.57. The van der Waals surface area contributed by atoms with Crippen LogP contribution in [-0.2, 0) is 13.8 Å². The van der Waals surface area contributed by atoms with E-state index in [1.54, 1.807) is 0 Å². The first-order valence-electron chi connectivity index (χ1n) is 7.03. The summed E-state index contributed by atoms with van der Waals surface area (Å²) < 4.78 is 49.0. The quantitative estimate of drug-likeness (QED) is 0.233. The fourth-order valence-electron chi connectivity index (χ4n) is 1.89. The minimum absolute atomic E-state index is 0.112. The second-order valence-electron chi connectivity index (χ2n) is 4.64. The van der Waals surface area contributed by atoms with Crippen molar-refractivity contribution < 1.29 is 45.8 Å². The summed E-state index contributed by atoms with van der Waals surface area (Å²) in [5.41, 5.74) is -1.41. The number of aliphatic hydroxyl groups is 2. The van der Waals surface area contributed by atoms with Gasteiger partial charge in [0.1, 0.15) is 18.8 Å². The van der Waals surface area contributed by atoms with Gasteiger partial charge in [0.2, 0.25) is 0 Å². The SMILES string of the molecule is [2H]C([2H])(OP(=O)(O)O)[C@@]1(F)O[C@@H](n2cc(C=O)c(=O)[nH]c2=S)[C@H](O)[C@@H]1O. The number of carbonyl (C=O) groups is 1. The Kier molecular flexibility index (Phi) is 4.40. The zero-order valence-corrected chi connectivity index (χ0v) is 13.1. The first kappa shape index (κ1) is 16.2. The average molecular weight is 388 g/mol. The van der Waals surface area contributed by atoms with Crippen LogP contribution in [0, 0.1) is 4.77 Å². The van der Waals surface area contributed by atoms with E-state index >= 15 is 0 Å². The summed E-state index contributed by atoms with van der Waals surface area (Å²) in [6, 6.07) is 0. The molecule has 0 aromatic carbocycles. The second-order valence-corrected chi connectivity index (χ2v) is 6.19. The molecule has 4 atom stereocenters. The molecule has 1 aromatic heterocycles. The first-order chi connectivity index (χ1) is 11.7. The van der Waals surface area contributed by atoms with Gasteiger partial charge in [-0.25, -0.2) is 8.96 Å². The maximum absolute atomic E-state index is 14.9. The van der Waals surface area contributed by atoms with Crippen molar-refractivity contribution in [1.29, 1.82) is 0 Å². The molecule has 5 N–H and O–H groups in total. The summed E-state index contributed by atoms with van der Waals surface area (Å²) in [5.74, 6) is -3.94. The maximum atomic E-state index is 14.9. The van der Waals surface area contributed by atoms with Crippen LogP contribution in [-0.4, -0.2) is 60.5 Å². The Bertz CT molecular complexity index is 888. The number of aromatic nitrogens is 2. The fraction of sp³-hybridized carbons (Fsp3) is 0.500. The van der Waals surface area contributed by atoms with Crippen molar-refractivity contribution in [3.8, 4) is 0 Å². The highest BCUT2D eigenvalue weighted by molar-refractivity contribution is 7.71. The number of aromatic amines is 1. The summed E-state index contributed by atoms with van der Waals surface area (Å²) in [5, 5.41) is 19.8. The van der Waals surface area contributed by atoms with Crippen molar-refractivity contribution in [2.75, 3.05) is 6.56 Å². The van der Waals surface area contributed by atoms with Gasteiger partial charge in [0, 0.05) is 6.20 Å². The van der Waals surface area contributed by atoms with Crippen molar-refractivity contribution in [3.63, 3.8) is 0 Å². The van der Waals surface area contributed by atoms with E-state index in [1.165, 1.54) is 0 Å². The lowest BCUT2D eigenvalue weighted by atomic mass is 10.1. The normalized spacial score (nSPS) is 32.3. The lowest BCUT2D eigenvalue weighted by molar-refractivity contribution is -0.204. The molecule has 11 nitrogen and oxygen atoms in total. The number of nitrogens with one attached hydrogen (secondary N) is 1. The van der Waals surface area contributed by atoms with E-state index in [-0.39, 0.29) is 6.29 Å². The van der Waals surface area contributed by atoms with Crippen molar-refractivity contribution in [3.05, 3.63) is 26.9 Å². The van der Waals surface area contributed by atoms with Gasteiger partial charge in [0.15, 0.2) is 17.3 Å². The molecule has 0 unspecified atom stereocenters. The molecule has 1 saturated heterocycles. The highest BCUT2D eigenvalue weighted by Crippen LogP contribution is 2.43. The number of aldehydes is 1. The number of rotatable bonds is 5. The molecule has 0 aliphatic carbocycles. The zero-order chi connectivity index (χ0) is 20.1. The monoisotopic (exact) mass is 388 g/mol. The second kappa shape index (κ2) is 6.54. The third-order valence-corrected chi connectivity index (χ3v) is 3.63. The van der Waals surface area contributed by atoms with Gasteiger partial charge >= 0.3 is 7.82 Å². The van der Waals surface area contributed by atoms with E-state index in [0.29, 0.717) is 4.57 Å². The number of H-pyrrole nitrogens is 1. The summed E-state index contributed by atoms with van der Waals surface area (Å²) in [4.78, 5) is 41.7. The smallest absolute Gasteiger partial charge is 0.385 e. The number of alkyl halides is 1. The number of aliphatic hydroxyl groups excluding tert-OH is 2. The summed E-state index contributed by atoms with van der Waals surface area (Å²) in [7, 11) is -5.56. The molecule has 134 valence electrons. The molecule has 0 bridgehead atoms. The van der Waals surface area contributed by atoms with Crippen molar-refractivity contribution in [1.82, 2.24) is 9.55 Å². The number of ether oxygens (including phenoxy) is 1. The van der Waals surface area contributed by atoms with Gasteiger partial charge in [-0.15, -0.1) is 0 Å². The molecule has 2 rings (SSSR count). The van der Waals surface area contributed by atoms with Gasteiger partial charge in [0.05, 0.1) is 8.30 Å². The Morgan fingerprint density at radius 3 is 2.79 bits per heavy atom. The molecule has 2 heterocycles. The predicted octanol–water partition coefficient (Wildman–Crippen LogP) is -1.26. The lowest BCUT2D eigenvalue weighted by Gasteiger charge is -2.23. The third kappa shape index (κ3) is 3.68. The van der Waals surface area contributed by atoms with Crippen molar-refractivity contribution in [2.24, 2.45) is 0 Å². The minimum Gasteiger partial charge on any atom is -0.385 e. The number of phosphoric ester groups is 1. The number of hydrogen-bond acceptors (Lipinski definition) is 8. The number of phosphoric acid groups is 1. The van der Waals surface area contributed by atoms with E-state index in [4.69, 9.17) is 24.7 Å². The van der Waals surface area contributed by atoms with Gasteiger partial charge < -0.3 is 24.7 Å². The topological polar surface area (TPSA) is 171 Å². The van der Waals surface area contributed by atoms with Crippen LogP contribution in [0.25, 0.3) is 0 Å². The molecule has 14 heteroatoms. The van der Waals surface area contributed by atoms with Crippen molar-refractivity contribution in [2.45, 2.75) is 24.3 Å². The summed E-state index contributed by atoms with van der Waals surface area (Å²) in [6.45, 7) is -3.90. The number of hydrogen-bond donors (Lipinski definition) is 5. The maximum Gasteiger partial charge on any atom is 0.469 e. The van der Waals surface area contributed by atoms with Crippen LogP contribution in [0.2, 0.25) is 0 Å². The zero-order valence-electron chi connectivity index (χ0n) is 13.4. The standard InChI is InChI=1S/C10H12FN2O9PS/c11-10(3-21-23(18,19)20)6(16)5(15)8(22-10)13-1-4(2-14)7(17)12-9(13)24/h1-2,5-6,8,15-16H,3H2,(H,12,17,24)(H2,18,19,20)/t5-,6+,8-,10-/m1/s1/i3D2. The fourth-order valence-corrected chi connectivity index (χ4v) is 2.38. The van der Waals surface area contributed by atoms with Gasteiger partial charge in [-0.05, 0) is 12.2 Å². The molecule has 0 radical (unpaired) electrons. The van der Waals surface area contributed by atoms with E-state index in [9.17, 15) is 28.8 Å². The molecular weight excluding hydrogens is 374 g/mol. The number of nitrogens with zero attached hydrogens (tertiary/aromatic N) is 1. The van der Waals surface area contributed by atoms with Crippen LogP contribution in [0.4, 0.5) is 4.39 Å². The molecule has 1 fully saturated rings. The Morgan fingerprint density at radius 1 is 1.62 bits per heavy atom. The Hall–Kier alpha value is -1.31. The molecule has 0 amide bonds. The molecule has 24 heavy (non-hydrogen) atoms. The van der Waals surface area contributed by atoms with Gasteiger partial charge in [-0.3, -0.25) is 23.7 Å². The average Bonchev–Trinajstić information content (AvgIpc) is 2.71. The Balaban J connectivity index is 2.51. The number of halogens is 1. The van der Waals surface area contributed by atoms with E-state index in [2.05, 4.69) is 9.26 Å². The van der Waals surface area contributed by atoms with Crippen LogP contribution in [0.3, 0.4) is 0 Å². The molecule has 0 spiro atoms. The van der Waals surface area contributed by atoms with E-state index in [0.717, 1.165) is 6.20 Å². The first-order valence-corrected chi connectivity index (χ1v) is 7.97. The summed E-state index contributed by atoms with van der Waals surface area (Å²) in [6.07, 6.45) is -5.98. The molecule has 1 aromatic rings. The largest absolute Gasteiger partial charge is 0.469 e. The lowest BCUT2D eigenvalue weighted by Crippen LogP contribution is -2.42. The number of carbonyl (C=O) groups excluding carboxylic acids is 1. The van der Waals surface area contributed by atoms with Crippen LogP contribution in [0.15, 0.2) is 11.0 Å². The Morgan fingerprint density at radius 2 is 2.25 bits per heavy atom.